The molecule has 1 aliphatic carbocycles. The number of hydrogen-bond acceptors (Lipinski definition) is 3. The molecule has 1 fully saturated rings. The van der Waals surface area contributed by atoms with Crippen molar-refractivity contribution in [3.63, 3.8) is 0 Å². The molecular weight excluding hydrogens is 240 g/mol. The van der Waals surface area contributed by atoms with Crippen molar-refractivity contribution in [1.82, 2.24) is 10.6 Å². The van der Waals surface area contributed by atoms with Gasteiger partial charge in [-0.05, 0) is 26.2 Å². The van der Waals surface area contributed by atoms with Crippen molar-refractivity contribution in [3.8, 4) is 0 Å². The highest BCUT2D eigenvalue weighted by Crippen LogP contribution is 2.42. The molecule has 0 bridgehead atoms. The molecular formula is C15H30N2O2. The molecule has 2 N–H and O–H groups in total. The van der Waals surface area contributed by atoms with Crippen LogP contribution in [0.5, 0.6) is 0 Å². The van der Waals surface area contributed by atoms with Gasteiger partial charge in [0.2, 0.25) is 5.91 Å². The van der Waals surface area contributed by atoms with Crippen molar-refractivity contribution >= 4 is 5.91 Å². The van der Waals surface area contributed by atoms with Crippen LogP contribution in [-0.2, 0) is 9.53 Å². The van der Waals surface area contributed by atoms with Crippen molar-refractivity contribution in [1.29, 1.82) is 0 Å². The standard InChI is InChI=1S/C15H30N2O2/c1-7-19-13-8-12(15(13,5)6)17-11(4)14(18)16-9-10(2)3/h10-13,17H,7-9H2,1-6H3,(H,16,18). The molecule has 1 rings (SSSR count). The first-order valence-electron chi connectivity index (χ1n) is 7.44. The summed E-state index contributed by atoms with van der Waals surface area (Å²) in [5.74, 6) is 0.572. The number of amides is 1. The van der Waals surface area contributed by atoms with Gasteiger partial charge in [-0.25, -0.2) is 0 Å². The Morgan fingerprint density at radius 1 is 1.37 bits per heavy atom. The minimum atomic E-state index is -0.148. The SMILES string of the molecule is CCOC1CC(NC(C)C(=O)NCC(C)C)C1(C)C. The molecule has 0 aromatic carbocycles. The topological polar surface area (TPSA) is 50.4 Å². The van der Waals surface area contributed by atoms with Crippen molar-refractivity contribution in [2.24, 2.45) is 11.3 Å². The summed E-state index contributed by atoms with van der Waals surface area (Å²) in [5.41, 5.74) is 0.0998. The van der Waals surface area contributed by atoms with Crippen LogP contribution >= 0.6 is 0 Å². The summed E-state index contributed by atoms with van der Waals surface area (Å²) >= 11 is 0. The van der Waals surface area contributed by atoms with Gasteiger partial charge < -0.3 is 15.4 Å². The van der Waals surface area contributed by atoms with Crippen LogP contribution in [0.1, 0.15) is 48.0 Å². The van der Waals surface area contributed by atoms with Gasteiger partial charge in [-0.1, -0.05) is 27.7 Å². The highest BCUT2D eigenvalue weighted by atomic mass is 16.5. The van der Waals surface area contributed by atoms with Crippen LogP contribution in [-0.4, -0.2) is 37.2 Å². The molecule has 4 heteroatoms. The zero-order valence-corrected chi connectivity index (χ0v) is 13.2. The average Bonchev–Trinajstić information content (AvgIpc) is 2.34. The average molecular weight is 270 g/mol. The fourth-order valence-corrected chi connectivity index (χ4v) is 2.49. The van der Waals surface area contributed by atoms with Crippen LogP contribution in [0.3, 0.4) is 0 Å². The van der Waals surface area contributed by atoms with Crippen LogP contribution in [0.2, 0.25) is 0 Å². The maximum absolute atomic E-state index is 11.9. The second-order valence-electron chi connectivity index (χ2n) is 6.58. The van der Waals surface area contributed by atoms with Crippen LogP contribution in [0.25, 0.3) is 0 Å². The molecule has 1 amide bonds. The Bertz CT molecular complexity index is 303. The molecule has 0 aromatic heterocycles. The van der Waals surface area contributed by atoms with E-state index in [1.54, 1.807) is 0 Å². The van der Waals surface area contributed by atoms with E-state index in [0.717, 1.165) is 19.6 Å². The summed E-state index contributed by atoms with van der Waals surface area (Å²) in [6.07, 6.45) is 1.30. The van der Waals surface area contributed by atoms with Gasteiger partial charge in [0.15, 0.2) is 0 Å². The molecule has 0 spiro atoms. The van der Waals surface area contributed by atoms with Crippen molar-refractivity contribution < 1.29 is 9.53 Å². The maximum Gasteiger partial charge on any atom is 0.236 e. The lowest BCUT2D eigenvalue weighted by atomic mass is 9.64. The van der Waals surface area contributed by atoms with Crippen LogP contribution in [0.15, 0.2) is 0 Å². The molecule has 1 aliphatic rings. The third kappa shape index (κ3) is 4.18. The molecule has 0 aromatic rings. The zero-order chi connectivity index (χ0) is 14.6. The van der Waals surface area contributed by atoms with Gasteiger partial charge in [0.05, 0.1) is 12.1 Å². The normalized spacial score (nSPS) is 26.9. The number of ether oxygens (including phenoxy) is 1. The third-order valence-electron chi connectivity index (χ3n) is 4.07. The summed E-state index contributed by atoms with van der Waals surface area (Å²) in [6, 6.07) is 0.203. The lowest BCUT2D eigenvalue weighted by Gasteiger charge is -2.52. The smallest absolute Gasteiger partial charge is 0.236 e. The highest BCUT2D eigenvalue weighted by molar-refractivity contribution is 5.81. The summed E-state index contributed by atoms with van der Waals surface area (Å²) in [6.45, 7) is 14.0. The lowest BCUT2D eigenvalue weighted by Crippen LogP contribution is -2.64. The van der Waals surface area contributed by atoms with Gasteiger partial charge in [0, 0.05) is 24.6 Å². The largest absolute Gasteiger partial charge is 0.378 e. The zero-order valence-electron chi connectivity index (χ0n) is 13.2. The molecule has 1 saturated carbocycles. The maximum atomic E-state index is 11.9. The van der Waals surface area contributed by atoms with Gasteiger partial charge >= 0.3 is 0 Å². The number of carbonyl (C=O) groups excluding carboxylic acids is 1. The van der Waals surface area contributed by atoms with E-state index in [-0.39, 0.29) is 17.4 Å². The van der Waals surface area contributed by atoms with Gasteiger partial charge in [0.25, 0.3) is 0 Å². The Balaban J connectivity index is 2.37. The number of nitrogens with one attached hydrogen (secondary N) is 2. The van der Waals surface area contributed by atoms with Crippen molar-refractivity contribution in [3.05, 3.63) is 0 Å². The first-order valence-corrected chi connectivity index (χ1v) is 7.44. The fraction of sp³-hybridized carbons (Fsp3) is 0.933. The minimum Gasteiger partial charge on any atom is -0.378 e. The molecule has 112 valence electrons. The van der Waals surface area contributed by atoms with E-state index in [2.05, 4.69) is 38.3 Å². The Morgan fingerprint density at radius 2 is 2.00 bits per heavy atom. The van der Waals surface area contributed by atoms with E-state index in [0.29, 0.717) is 18.1 Å². The second-order valence-corrected chi connectivity index (χ2v) is 6.58. The first-order chi connectivity index (χ1) is 8.78. The molecule has 0 heterocycles. The summed E-state index contributed by atoms with van der Waals surface area (Å²) in [7, 11) is 0. The Hall–Kier alpha value is -0.610. The predicted molar refractivity (Wildman–Crippen MR) is 78.0 cm³/mol. The third-order valence-corrected chi connectivity index (χ3v) is 4.07. The molecule has 0 radical (unpaired) electrons. The molecule has 3 unspecified atom stereocenters. The second kappa shape index (κ2) is 6.71. The van der Waals surface area contributed by atoms with Gasteiger partial charge in [0.1, 0.15) is 0 Å². The van der Waals surface area contributed by atoms with E-state index in [9.17, 15) is 4.79 Å². The number of carbonyl (C=O) groups is 1. The lowest BCUT2D eigenvalue weighted by molar-refractivity contribution is -0.130. The molecule has 0 saturated heterocycles. The number of hydrogen-bond donors (Lipinski definition) is 2. The van der Waals surface area contributed by atoms with Crippen LogP contribution < -0.4 is 10.6 Å². The van der Waals surface area contributed by atoms with E-state index in [4.69, 9.17) is 4.74 Å². The number of rotatable bonds is 7. The van der Waals surface area contributed by atoms with Gasteiger partial charge in [-0.15, -0.1) is 0 Å². The Labute approximate surface area is 117 Å². The van der Waals surface area contributed by atoms with E-state index in [1.807, 2.05) is 13.8 Å². The van der Waals surface area contributed by atoms with Gasteiger partial charge in [-0.3, -0.25) is 4.79 Å². The predicted octanol–water partition coefficient (Wildman–Crippen LogP) is 1.94. The van der Waals surface area contributed by atoms with Crippen LogP contribution in [0, 0.1) is 11.3 Å². The molecule has 3 atom stereocenters. The van der Waals surface area contributed by atoms with E-state index in [1.165, 1.54) is 0 Å². The fourth-order valence-electron chi connectivity index (χ4n) is 2.49. The van der Waals surface area contributed by atoms with Crippen molar-refractivity contribution in [2.45, 2.75) is 66.2 Å². The molecule has 0 aliphatic heterocycles. The van der Waals surface area contributed by atoms with Crippen LogP contribution in [0.4, 0.5) is 0 Å². The van der Waals surface area contributed by atoms with E-state index >= 15 is 0 Å². The van der Waals surface area contributed by atoms with E-state index < -0.39 is 0 Å². The highest BCUT2D eigenvalue weighted by Gasteiger charge is 2.49. The summed E-state index contributed by atoms with van der Waals surface area (Å²) < 4.78 is 5.70. The molecule has 4 nitrogen and oxygen atoms in total. The first kappa shape index (κ1) is 16.4. The Morgan fingerprint density at radius 3 is 2.47 bits per heavy atom. The van der Waals surface area contributed by atoms with Gasteiger partial charge in [-0.2, -0.15) is 0 Å². The Kier molecular flexibility index (Phi) is 5.81. The monoisotopic (exact) mass is 270 g/mol. The molecule has 19 heavy (non-hydrogen) atoms. The quantitative estimate of drug-likeness (QED) is 0.743. The minimum absolute atomic E-state index is 0.0874. The summed E-state index contributed by atoms with van der Waals surface area (Å²) in [5, 5.41) is 6.39. The summed E-state index contributed by atoms with van der Waals surface area (Å²) in [4.78, 5) is 11.9. The van der Waals surface area contributed by atoms with Crippen molar-refractivity contribution in [2.75, 3.05) is 13.2 Å².